The molecule has 1 fully saturated rings. The number of halogens is 1. The second-order valence-electron chi connectivity index (χ2n) is 7.51. The van der Waals surface area contributed by atoms with E-state index in [1.165, 1.54) is 17.5 Å². The minimum Gasteiger partial charge on any atom is -0.476 e. The van der Waals surface area contributed by atoms with Gasteiger partial charge in [-0.15, -0.1) is 0 Å². The van der Waals surface area contributed by atoms with Crippen molar-refractivity contribution in [1.82, 2.24) is 19.9 Å². The number of thiazole rings is 1. The van der Waals surface area contributed by atoms with Crippen LogP contribution in [0.25, 0.3) is 0 Å². The molecule has 1 aromatic carbocycles. The van der Waals surface area contributed by atoms with Crippen molar-refractivity contribution in [3.63, 3.8) is 0 Å². The lowest BCUT2D eigenvalue weighted by atomic mass is 10.2. The summed E-state index contributed by atoms with van der Waals surface area (Å²) in [6.45, 7) is 5.29. The minimum absolute atomic E-state index is 0.160. The molecule has 1 aliphatic heterocycles. The van der Waals surface area contributed by atoms with Crippen LogP contribution >= 0.6 is 22.9 Å². The molecule has 1 aliphatic rings. The highest BCUT2D eigenvalue weighted by Gasteiger charge is 2.19. The number of carbonyl (C=O) groups is 2. The van der Waals surface area contributed by atoms with Crippen LogP contribution in [0.4, 0.5) is 16.6 Å². The Morgan fingerprint density at radius 1 is 1.30 bits per heavy atom. The maximum Gasteiger partial charge on any atom is 0.267 e. The predicted octanol–water partition coefficient (Wildman–Crippen LogP) is 4.20. The van der Waals surface area contributed by atoms with Gasteiger partial charge in [-0.1, -0.05) is 35.1 Å². The summed E-state index contributed by atoms with van der Waals surface area (Å²) in [6, 6.07) is 7.09. The van der Waals surface area contributed by atoms with Crippen molar-refractivity contribution in [2.24, 2.45) is 0 Å². The number of aryl methyl sites for hydroxylation is 2. The lowest BCUT2D eigenvalue weighted by Gasteiger charge is -2.15. The van der Waals surface area contributed by atoms with Gasteiger partial charge in [0, 0.05) is 19.0 Å². The summed E-state index contributed by atoms with van der Waals surface area (Å²) >= 11 is 7.39. The fourth-order valence-corrected chi connectivity index (χ4v) is 4.38. The summed E-state index contributed by atoms with van der Waals surface area (Å²) in [4.78, 5) is 39.5. The van der Waals surface area contributed by atoms with Crippen molar-refractivity contribution >= 4 is 51.4 Å². The number of aromatic nitrogens is 3. The molecule has 2 N–H and O–H groups in total. The lowest BCUT2D eigenvalue weighted by molar-refractivity contribution is -0.128. The SMILES string of the molecule is Cc1nc(Nc2ncc(C(=O)Nc3c(C)cccc3Cl)s2)cc(OCCN2CCCC2=O)n1. The number of benzene rings is 1. The molecule has 0 atom stereocenters. The predicted molar refractivity (Wildman–Crippen MR) is 128 cm³/mol. The summed E-state index contributed by atoms with van der Waals surface area (Å²) in [6.07, 6.45) is 2.99. The van der Waals surface area contributed by atoms with Gasteiger partial charge in [-0.3, -0.25) is 9.59 Å². The summed E-state index contributed by atoms with van der Waals surface area (Å²) in [5.74, 6) is 1.29. The van der Waals surface area contributed by atoms with Gasteiger partial charge < -0.3 is 20.3 Å². The molecule has 0 aliphatic carbocycles. The Morgan fingerprint density at radius 2 is 2.15 bits per heavy atom. The van der Waals surface area contributed by atoms with Crippen LogP contribution < -0.4 is 15.4 Å². The highest BCUT2D eigenvalue weighted by atomic mass is 35.5. The molecule has 2 amide bonds. The van der Waals surface area contributed by atoms with Crippen LogP contribution in [0.5, 0.6) is 5.88 Å². The molecule has 0 unspecified atom stereocenters. The van der Waals surface area contributed by atoms with Gasteiger partial charge >= 0.3 is 0 Å². The number of hydrogen-bond acceptors (Lipinski definition) is 8. The second kappa shape index (κ2) is 10.1. The Kier molecular flexibility index (Phi) is 7.05. The highest BCUT2D eigenvalue weighted by Crippen LogP contribution is 2.28. The number of amides is 2. The number of likely N-dealkylation sites (tertiary alicyclic amines) is 1. The van der Waals surface area contributed by atoms with E-state index in [0.717, 1.165) is 18.5 Å². The van der Waals surface area contributed by atoms with Crippen LogP contribution in [0.1, 0.15) is 33.9 Å². The minimum atomic E-state index is -0.295. The number of ether oxygens (including phenoxy) is 1. The molecule has 172 valence electrons. The van der Waals surface area contributed by atoms with Crippen molar-refractivity contribution in [3.8, 4) is 5.88 Å². The zero-order valence-corrected chi connectivity index (χ0v) is 19.8. The number of nitrogens with one attached hydrogen (secondary N) is 2. The zero-order chi connectivity index (χ0) is 23.4. The monoisotopic (exact) mass is 486 g/mol. The highest BCUT2D eigenvalue weighted by molar-refractivity contribution is 7.17. The molecule has 33 heavy (non-hydrogen) atoms. The van der Waals surface area contributed by atoms with Crippen molar-refractivity contribution in [3.05, 3.63) is 51.7 Å². The summed E-state index contributed by atoms with van der Waals surface area (Å²) < 4.78 is 5.73. The molecule has 3 aromatic rings. The molecule has 0 spiro atoms. The molecule has 0 radical (unpaired) electrons. The molecular formula is C22H23ClN6O3S. The Bertz CT molecular complexity index is 1160. The first kappa shape index (κ1) is 22.9. The fraction of sp³-hybridized carbons (Fsp3) is 0.318. The van der Waals surface area contributed by atoms with Crippen LogP contribution in [0.15, 0.2) is 30.5 Å². The maximum absolute atomic E-state index is 12.6. The molecule has 3 heterocycles. The van der Waals surface area contributed by atoms with Gasteiger partial charge in [0.05, 0.1) is 23.5 Å². The molecule has 9 nitrogen and oxygen atoms in total. The van der Waals surface area contributed by atoms with Crippen LogP contribution in [0, 0.1) is 13.8 Å². The summed E-state index contributed by atoms with van der Waals surface area (Å²) in [5.41, 5.74) is 1.45. The first-order chi connectivity index (χ1) is 15.9. The van der Waals surface area contributed by atoms with E-state index in [1.54, 1.807) is 24.0 Å². The van der Waals surface area contributed by atoms with E-state index >= 15 is 0 Å². The van der Waals surface area contributed by atoms with Crippen molar-refractivity contribution in [1.29, 1.82) is 0 Å². The molecular weight excluding hydrogens is 464 g/mol. The topological polar surface area (TPSA) is 109 Å². The number of anilines is 3. The number of nitrogens with zero attached hydrogens (tertiary/aromatic N) is 4. The van der Waals surface area contributed by atoms with Gasteiger partial charge in [0.1, 0.15) is 23.1 Å². The third-order valence-electron chi connectivity index (χ3n) is 5.02. The lowest BCUT2D eigenvalue weighted by Crippen LogP contribution is -2.29. The van der Waals surface area contributed by atoms with Gasteiger partial charge in [0.25, 0.3) is 5.91 Å². The van der Waals surface area contributed by atoms with E-state index in [2.05, 4.69) is 25.6 Å². The Morgan fingerprint density at radius 3 is 2.91 bits per heavy atom. The Labute approximate surface area is 200 Å². The molecule has 1 saturated heterocycles. The van der Waals surface area contributed by atoms with Gasteiger partial charge in [0.15, 0.2) is 5.13 Å². The van der Waals surface area contributed by atoms with Gasteiger partial charge in [-0.2, -0.15) is 4.98 Å². The average Bonchev–Trinajstić information content (AvgIpc) is 3.39. The van der Waals surface area contributed by atoms with Crippen LogP contribution in [-0.4, -0.2) is 51.4 Å². The van der Waals surface area contributed by atoms with E-state index in [4.69, 9.17) is 16.3 Å². The molecule has 0 saturated carbocycles. The van der Waals surface area contributed by atoms with Crippen LogP contribution in [0.3, 0.4) is 0 Å². The van der Waals surface area contributed by atoms with Crippen molar-refractivity contribution in [2.75, 3.05) is 30.3 Å². The summed E-state index contributed by atoms with van der Waals surface area (Å²) in [5, 5.41) is 6.91. The van der Waals surface area contributed by atoms with E-state index in [1.807, 2.05) is 19.1 Å². The number of para-hydroxylation sites is 1. The fourth-order valence-electron chi connectivity index (χ4n) is 3.39. The summed E-state index contributed by atoms with van der Waals surface area (Å²) in [7, 11) is 0. The van der Waals surface area contributed by atoms with Crippen molar-refractivity contribution in [2.45, 2.75) is 26.7 Å². The van der Waals surface area contributed by atoms with Gasteiger partial charge in [0.2, 0.25) is 11.8 Å². The zero-order valence-electron chi connectivity index (χ0n) is 18.2. The maximum atomic E-state index is 12.6. The second-order valence-corrected chi connectivity index (χ2v) is 8.95. The van der Waals surface area contributed by atoms with E-state index in [0.29, 0.717) is 57.8 Å². The average molecular weight is 487 g/mol. The number of rotatable bonds is 8. The Balaban J connectivity index is 1.38. The third kappa shape index (κ3) is 5.77. The first-order valence-electron chi connectivity index (χ1n) is 10.4. The van der Waals surface area contributed by atoms with Crippen LogP contribution in [-0.2, 0) is 4.79 Å². The Hall–Kier alpha value is -3.24. The van der Waals surface area contributed by atoms with E-state index in [9.17, 15) is 9.59 Å². The van der Waals surface area contributed by atoms with Gasteiger partial charge in [-0.25, -0.2) is 9.97 Å². The van der Waals surface area contributed by atoms with Gasteiger partial charge in [-0.05, 0) is 31.9 Å². The number of hydrogen-bond donors (Lipinski definition) is 2. The smallest absolute Gasteiger partial charge is 0.267 e. The number of carbonyl (C=O) groups excluding carboxylic acids is 2. The largest absolute Gasteiger partial charge is 0.476 e. The standard InChI is InChI=1S/C22H23ClN6O3S/c1-13-5-3-6-15(23)20(13)28-21(31)16-12-24-22(33-16)27-17-11-18(26-14(2)25-17)32-10-9-29-8-4-7-19(29)30/h3,5-6,11-12H,4,7-10H2,1-2H3,(H,28,31)(H,24,25,26,27). The molecule has 4 rings (SSSR count). The van der Waals surface area contributed by atoms with E-state index in [-0.39, 0.29) is 11.8 Å². The first-order valence-corrected chi connectivity index (χ1v) is 11.6. The van der Waals surface area contributed by atoms with Crippen molar-refractivity contribution < 1.29 is 14.3 Å². The molecule has 0 bridgehead atoms. The normalized spacial score (nSPS) is 13.3. The third-order valence-corrected chi connectivity index (χ3v) is 6.25. The quantitative estimate of drug-likeness (QED) is 0.491. The van der Waals surface area contributed by atoms with E-state index < -0.39 is 0 Å². The molecule has 2 aromatic heterocycles. The van der Waals surface area contributed by atoms with Crippen LogP contribution in [0.2, 0.25) is 5.02 Å². The molecule has 11 heteroatoms.